The molecule has 0 aliphatic carbocycles. The first-order valence-corrected chi connectivity index (χ1v) is 5.70. The molecule has 1 aliphatic rings. The van der Waals surface area contributed by atoms with E-state index < -0.39 is 10.2 Å². The van der Waals surface area contributed by atoms with Crippen LogP contribution in [0.3, 0.4) is 0 Å². The van der Waals surface area contributed by atoms with Crippen molar-refractivity contribution >= 4 is 16.0 Å². The average molecular weight is 206 g/mol. The molecule has 5 nitrogen and oxygen atoms in total. The van der Waals surface area contributed by atoms with Crippen LogP contribution in [-0.4, -0.2) is 31.6 Å². The van der Waals surface area contributed by atoms with E-state index in [2.05, 4.69) is 0 Å². The van der Waals surface area contributed by atoms with Crippen LogP contribution in [0.15, 0.2) is 0 Å². The Kier molecular flexibility index (Phi) is 3.05. The summed E-state index contributed by atoms with van der Waals surface area (Å²) in [5.74, 6) is -0.138. The predicted molar refractivity (Wildman–Crippen MR) is 48.1 cm³/mol. The van der Waals surface area contributed by atoms with Crippen molar-refractivity contribution < 1.29 is 13.2 Å². The Balaban J connectivity index is 2.67. The molecule has 13 heavy (non-hydrogen) atoms. The molecule has 1 atom stereocenters. The van der Waals surface area contributed by atoms with Crippen LogP contribution in [0, 0.1) is 5.92 Å². The van der Waals surface area contributed by atoms with Crippen LogP contribution in [0.25, 0.3) is 0 Å². The van der Waals surface area contributed by atoms with Gasteiger partial charge in [0.05, 0.1) is 0 Å². The molecule has 0 spiro atoms. The van der Waals surface area contributed by atoms with Crippen LogP contribution in [0.5, 0.6) is 0 Å². The summed E-state index contributed by atoms with van der Waals surface area (Å²) in [5, 5.41) is 4.96. The number of nitrogens with zero attached hydrogens (tertiary/aromatic N) is 1. The third kappa shape index (κ3) is 2.75. The molecule has 1 rings (SSSR count). The molecular weight excluding hydrogens is 192 g/mol. The lowest BCUT2D eigenvalue weighted by Crippen LogP contribution is -2.44. The van der Waals surface area contributed by atoms with Gasteiger partial charge in [-0.25, -0.2) is 5.14 Å². The molecule has 0 saturated carbocycles. The first-order chi connectivity index (χ1) is 5.91. The van der Waals surface area contributed by atoms with E-state index in [9.17, 15) is 13.2 Å². The first kappa shape index (κ1) is 10.6. The van der Waals surface area contributed by atoms with E-state index in [1.54, 1.807) is 0 Å². The van der Waals surface area contributed by atoms with Crippen LogP contribution in [0.4, 0.5) is 0 Å². The number of hydrogen-bond donors (Lipinski definition) is 1. The highest BCUT2D eigenvalue weighted by Crippen LogP contribution is 2.18. The molecule has 1 unspecified atom stereocenters. The van der Waals surface area contributed by atoms with Crippen molar-refractivity contribution in [3.63, 3.8) is 0 Å². The van der Waals surface area contributed by atoms with Crippen molar-refractivity contribution in [1.82, 2.24) is 4.31 Å². The van der Waals surface area contributed by atoms with Gasteiger partial charge >= 0.3 is 0 Å². The molecular formula is C7H14N2O3S. The van der Waals surface area contributed by atoms with Gasteiger partial charge < -0.3 is 0 Å². The average Bonchev–Trinajstić information content (AvgIpc) is 2.03. The summed E-state index contributed by atoms with van der Waals surface area (Å²) >= 11 is 0. The summed E-state index contributed by atoms with van der Waals surface area (Å²) in [6.45, 7) is 2.16. The molecule has 1 fully saturated rings. The van der Waals surface area contributed by atoms with Gasteiger partial charge in [0.1, 0.15) is 5.78 Å². The summed E-state index contributed by atoms with van der Waals surface area (Å²) in [5.41, 5.74) is 0. The molecule has 2 N–H and O–H groups in total. The fraction of sp³-hybridized carbons (Fsp3) is 0.857. The van der Waals surface area contributed by atoms with Gasteiger partial charge in [0, 0.05) is 19.0 Å². The van der Waals surface area contributed by atoms with Crippen molar-refractivity contribution in [2.24, 2.45) is 11.1 Å². The highest BCUT2D eigenvalue weighted by atomic mass is 32.2. The molecule has 6 heteroatoms. The smallest absolute Gasteiger partial charge is 0.276 e. The number of piperidine rings is 1. The number of ketones is 1. The molecule has 0 amide bonds. The summed E-state index contributed by atoms with van der Waals surface area (Å²) < 4.78 is 23.1. The Labute approximate surface area is 78.1 Å². The minimum atomic E-state index is -3.61. The van der Waals surface area contributed by atoms with Gasteiger partial charge in [-0.05, 0) is 19.8 Å². The molecule has 0 aromatic carbocycles. The molecule has 1 aliphatic heterocycles. The Hall–Kier alpha value is -0.460. The quantitative estimate of drug-likeness (QED) is 0.660. The van der Waals surface area contributed by atoms with Crippen molar-refractivity contribution in [2.45, 2.75) is 19.8 Å². The third-order valence-electron chi connectivity index (χ3n) is 2.32. The van der Waals surface area contributed by atoms with Crippen LogP contribution in [-0.2, 0) is 15.0 Å². The summed E-state index contributed by atoms with van der Waals surface area (Å²) in [6.07, 6.45) is 1.47. The Morgan fingerprint density at radius 3 is 2.62 bits per heavy atom. The van der Waals surface area contributed by atoms with Gasteiger partial charge in [-0.3, -0.25) is 4.79 Å². The van der Waals surface area contributed by atoms with E-state index >= 15 is 0 Å². The minimum Gasteiger partial charge on any atom is -0.300 e. The fourth-order valence-electron chi connectivity index (χ4n) is 1.51. The van der Waals surface area contributed by atoms with E-state index in [0.717, 1.165) is 6.42 Å². The Morgan fingerprint density at radius 1 is 1.54 bits per heavy atom. The zero-order chi connectivity index (χ0) is 10.1. The number of rotatable bonds is 2. The molecule has 0 aromatic heterocycles. The van der Waals surface area contributed by atoms with E-state index in [4.69, 9.17) is 5.14 Å². The highest BCUT2D eigenvalue weighted by Gasteiger charge is 2.28. The Morgan fingerprint density at radius 2 is 2.15 bits per heavy atom. The number of carbonyl (C=O) groups is 1. The zero-order valence-corrected chi connectivity index (χ0v) is 8.38. The molecule has 1 saturated heterocycles. The lowest BCUT2D eigenvalue weighted by atomic mass is 9.96. The van der Waals surface area contributed by atoms with Crippen molar-refractivity contribution in [3.05, 3.63) is 0 Å². The van der Waals surface area contributed by atoms with E-state index in [-0.39, 0.29) is 18.2 Å². The van der Waals surface area contributed by atoms with Crippen LogP contribution in [0.1, 0.15) is 19.8 Å². The predicted octanol–water partition coefficient (Wildman–Crippen LogP) is -0.509. The van der Waals surface area contributed by atoms with Crippen molar-refractivity contribution in [1.29, 1.82) is 0 Å². The standard InChI is InChI=1S/C7H14N2O3S/c1-6(10)7-3-2-4-9(5-7)13(8,11)12/h7H,2-5H2,1H3,(H2,8,11,12). The summed E-state index contributed by atoms with van der Waals surface area (Å²) in [6, 6.07) is 0. The second kappa shape index (κ2) is 3.73. The van der Waals surface area contributed by atoms with E-state index in [1.165, 1.54) is 11.2 Å². The third-order valence-corrected chi connectivity index (χ3v) is 3.37. The first-order valence-electron chi connectivity index (χ1n) is 4.19. The van der Waals surface area contributed by atoms with Crippen molar-refractivity contribution in [3.8, 4) is 0 Å². The second-order valence-electron chi connectivity index (χ2n) is 3.35. The fourth-order valence-corrected chi connectivity index (χ4v) is 2.28. The monoisotopic (exact) mass is 206 g/mol. The minimum absolute atomic E-state index is 0.0355. The molecule has 76 valence electrons. The van der Waals surface area contributed by atoms with E-state index in [0.29, 0.717) is 13.0 Å². The Bertz CT molecular complexity index is 299. The number of carbonyl (C=O) groups excluding carboxylic acids is 1. The highest BCUT2D eigenvalue weighted by molar-refractivity contribution is 7.86. The number of nitrogens with two attached hydrogens (primary N) is 1. The summed E-state index contributed by atoms with van der Waals surface area (Å²) in [7, 11) is -3.61. The maximum Gasteiger partial charge on any atom is 0.276 e. The maximum atomic E-state index is 11.0. The van der Waals surface area contributed by atoms with Gasteiger partial charge in [-0.1, -0.05) is 0 Å². The van der Waals surface area contributed by atoms with Gasteiger partial charge in [0.25, 0.3) is 10.2 Å². The number of Topliss-reactive ketones (excluding diaryl/α,β-unsaturated/α-hetero) is 1. The zero-order valence-electron chi connectivity index (χ0n) is 7.56. The normalized spacial score (nSPS) is 25.8. The van der Waals surface area contributed by atoms with Gasteiger partial charge in [0.15, 0.2) is 0 Å². The maximum absolute atomic E-state index is 11.0. The van der Waals surface area contributed by atoms with Gasteiger partial charge in [0.2, 0.25) is 0 Å². The summed E-state index contributed by atoms with van der Waals surface area (Å²) in [4.78, 5) is 11.0. The molecule has 0 bridgehead atoms. The van der Waals surface area contributed by atoms with Gasteiger partial charge in [-0.2, -0.15) is 12.7 Å². The SMILES string of the molecule is CC(=O)C1CCCN(S(N)(=O)=O)C1. The molecule has 1 heterocycles. The van der Waals surface area contributed by atoms with Crippen molar-refractivity contribution in [2.75, 3.05) is 13.1 Å². The van der Waals surface area contributed by atoms with Crippen LogP contribution in [0.2, 0.25) is 0 Å². The van der Waals surface area contributed by atoms with Crippen LogP contribution >= 0.6 is 0 Å². The largest absolute Gasteiger partial charge is 0.300 e. The van der Waals surface area contributed by atoms with E-state index in [1.807, 2.05) is 0 Å². The lowest BCUT2D eigenvalue weighted by molar-refractivity contribution is -0.121. The molecule has 0 aromatic rings. The second-order valence-corrected chi connectivity index (χ2v) is 4.90. The molecule has 0 radical (unpaired) electrons. The number of hydrogen-bond acceptors (Lipinski definition) is 3. The lowest BCUT2D eigenvalue weighted by Gasteiger charge is -2.28. The van der Waals surface area contributed by atoms with Crippen LogP contribution < -0.4 is 5.14 Å². The van der Waals surface area contributed by atoms with Gasteiger partial charge in [-0.15, -0.1) is 0 Å². The topological polar surface area (TPSA) is 80.5 Å².